The van der Waals surface area contributed by atoms with E-state index in [0.717, 1.165) is 19.5 Å². The van der Waals surface area contributed by atoms with Gasteiger partial charge in [-0.25, -0.2) is 0 Å². The van der Waals surface area contributed by atoms with Gasteiger partial charge >= 0.3 is 0 Å². The van der Waals surface area contributed by atoms with Gasteiger partial charge in [0, 0.05) is 32.2 Å². The van der Waals surface area contributed by atoms with Gasteiger partial charge in [0.2, 0.25) is 0 Å². The van der Waals surface area contributed by atoms with E-state index in [4.69, 9.17) is 9.47 Å². The summed E-state index contributed by atoms with van der Waals surface area (Å²) >= 11 is 0. The first-order valence-electron chi connectivity index (χ1n) is 6.19. The molecule has 1 N–H and O–H groups in total. The largest absolute Gasteiger partial charge is 0.352 e. The van der Waals surface area contributed by atoms with Crippen LogP contribution in [0.15, 0.2) is 24.5 Å². The summed E-state index contributed by atoms with van der Waals surface area (Å²) in [5.74, 6) is 0. The van der Waals surface area contributed by atoms with Crippen molar-refractivity contribution in [1.29, 1.82) is 0 Å². The van der Waals surface area contributed by atoms with Crippen LogP contribution in [0.1, 0.15) is 19.4 Å². The number of pyridine rings is 1. The van der Waals surface area contributed by atoms with Gasteiger partial charge < -0.3 is 14.8 Å². The quantitative estimate of drug-likeness (QED) is 0.524. The Kier molecular flexibility index (Phi) is 7.54. The molecule has 96 valence electrons. The molecular formula is C13H22N2O2. The van der Waals surface area contributed by atoms with Crippen LogP contribution < -0.4 is 5.32 Å². The van der Waals surface area contributed by atoms with Crippen LogP contribution in [-0.4, -0.2) is 37.6 Å². The average molecular weight is 238 g/mol. The molecule has 0 aliphatic heterocycles. The molecule has 0 spiro atoms. The minimum Gasteiger partial charge on any atom is -0.352 e. The molecule has 4 nitrogen and oxygen atoms in total. The predicted octanol–water partition coefficient (Wildman–Crippen LogP) is 1.61. The molecule has 0 aliphatic carbocycles. The summed E-state index contributed by atoms with van der Waals surface area (Å²) in [6.07, 6.45) is 4.49. The molecule has 1 aromatic heterocycles. The number of nitrogens with zero attached hydrogens (tertiary/aromatic N) is 1. The minimum absolute atomic E-state index is 0.137. The second-order valence-electron chi connectivity index (χ2n) is 3.65. The van der Waals surface area contributed by atoms with Crippen LogP contribution in [0.5, 0.6) is 0 Å². The van der Waals surface area contributed by atoms with Crippen molar-refractivity contribution in [3.8, 4) is 0 Å². The Morgan fingerprint density at radius 2 is 1.82 bits per heavy atom. The molecule has 0 atom stereocenters. The predicted molar refractivity (Wildman–Crippen MR) is 67.9 cm³/mol. The minimum atomic E-state index is -0.137. The zero-order chi connectivity index (χ0) is 12.3. The van der Waals surface area contributed by atoms with Gasteiger partial charge in [-0.2, -0.15) is 0 Å². The first-order chi connectivity index (χ1) is 8.36. The van der Waals surface area contributed by atoms with Gasteiger partial charge in [-0.05, 0) is 44.5 Å². The van der Waals surface area contributed by atoms with Gasteiger partial charge in [-0.1, -0.05) is 0 Å². The Labute approximate surface area is 103 Å². The third-order valence-electron chi connectivity index (χ3n) is 2.36. The van der Waals surface area contributed by atoms with Crippen molar-refractivity contribution in [3.63, 3.8) is 0 Å². The molecule has 0 aromatic carbocycles. The lowest BCUT2D eigenvalue weighted by molar-refractivity contribution is -0.132. The fourth-order valence-electron chi connectivity index (χ4n) is 1.54. The molecule has 0 aliphatic rings. The van der Waals surface area contributed by atoms with Crippen LogP contribution in [0, 0.1) is 0 Å². The van der Waals surface area contributed by atoms with E-state index in [1.807, 2.05) is 38.4 Å². The third-order valence-corrected chi connectivity index (χ3v) is 2.36. The second kappa shape index (κ2) is 9.10. The summed E-state index contributed by atoms with van der Waals surface area (Å²) in [5.41, 5.74) is 1.29. The molecule has 0 fully saturated rings. The van der Waals surface area contributed by atoms with Gasteiger partial charge in [0.1, 0.15) is 0 Å². The van der Waals surface area contributed by atoms with Crippen LogP contribution in [0.3, 0.4) is 0 Å². The molecule has 0 unspecified atom stereocenters. The van der Waals surface area contributed by atoms with E-state index in [-0.39, 0.29) is 6.29 Å². The van der Waals surface area contributed by atoms with Crippen molar-refractivity contribution in [2.24, 2.45) is 0 Å². The number of ether oxygens (including phenoxy) is 2. The van der Waals surface area contributed by atoms with E-state index in [1.54, 1.807) is 0 Å². The van der Waals surface area contributed by atoms with Crippen LogP contribution >= 0.6 is 0 Å². The highest BCUT2D eigenvalue weighted by Crippen LogP contribution is 1.97. The Morgan fingerprint density at radius 3 is 2.41 bits per heavy atom. The highest BCUT2D eigenvalue weighted by Gasteiger charge is 2.06. The van der Waals surface area contributed by atoms with Gasteiger partial charge in [0.15, 0.2) is 6.29 Å². The van der Waals surface area contributed by atoms with Crippen LogP contribution in [0.4, 0.5) is 0 Å². The number of hydrogen-bond acceptors (Lipinski definition) is 4. The highest BCUT2D eigenvalue weighted by molar-refractivity contribution is 5.09. The third kappa shape index (κ3) is 6.36. The summed E-state index contributed by atoms with van der Waals surface area (Å²) in [7, 11) is 0. The van der Waals surface area contributed by atoms with E-state index in [1.165, 1.54) is 5.56 Å². The number of aromatic nitrogens is 1. The van der Waals surface area contributed by atoms with Gasteiger partial charge in [0.25, 0.3) is 0 Å². The van der Waals surface area contributed by atoms with Crippen LogP contribution in [0.2, 0.25) is 0 Å². The molecule has 0 saturated heterocycles. The molecule has 17 heavy (non-hydrogen) atoms. The molecule has 0 radical (unpaired) electrons. The van der Waals surface area contributed by atoms with E-state index >= 15 is 0 Å². The first kappa shape index (κ1) is 14.1. The summed E-state index contributed by atoms with van der Waals surface area (Å²) in [4.78, 5) is 3.99. The van der Waals surface area contributed by atoms with Crippen molar-refractivity contribution >= 4 is 0 Å². The standard InChI is InChI=1S/C13H22N2O2/c1-3-16-13(17-4-2)11-15-10-7-12-5-8-14-9-6-12/h5-6,8-9,13,15H,3-4,7,10-11H2,1-2H3. The summed E-state index contributed by atoms with van der Waals surface area (Å²) < 4.78 is 10.9. The molecule has 1 rings (SSSR count). The van der Waals surface area contributed by atoms with E-state index in [0.29, 0.717) is 13.2 Å². The first-order valence-corrected chi connectivity index (χ1v) is 6.19. The fourth-order valence-corrected chi connectivity index (χ4v) is 1.54. The van der Waals surface area contributed by atoms with Crippen LogP contribution in [0.25, 0.3) is 0 Å². The monoisotopic (exact) mass is 238 g/mol. The van der Waals surface area contributed by atoms with E-state index < -0.39 is 0 Å². The summed E-state index contributed by atoms with van der Waals surface area (Å²) in [6, 6.07) is 4.06. The molecular weight excluding hydrogens is 216 g/mol. The second-order valence-corrected chi connectivity index (χ2v) is 3.65. The smallest absolute Gasteiger partial charge is 0.169 e. The normalized spacial score (nSPS) is 11.0. The number of nitrogens with one attached hydrogen (secondary N) is 1. The lowest BCUT2D eigenvalue weighted by Crippen LogP contribution is -2.32. The van der Waals surface area contributed by atoms with Gasteiger partial charge in [0.05, 0.1) is 0 Å². The molecule has 0 bridgehead atoms. The molecule has 1 aromatic rings. The fraction of sp³-hybridized carbons (Fsp3) is 0.615. The topological polar surface area (TPSA) is 43.4 Å². The molecule has 0 amide bonds. The maximum atomic E-state index is 5.44. The Morgan fingerprint density at radius 1 is 1.18 bits per heavy atom. The van der Waals surface area contributed by atoms with Crippen molar-refractivity contribution in [3.05, 3.63) is 30.1 Å². The molecule has 0 saturated carbocycles. The lowest BCUT2D eigenvalue weighted by Gasteiger charge is -2.17. The van der Waals surface area contributed by atoms with Crippen molar-refractivity contribution in [2.45, 2.75) is 26.6 Å². The summed E-state index contributed by atoms with van der Waals surface area (Å²) in [5, 5.41) is 3.33. The van der Waals surface area contributed by atoms with Gasteiger partial charge in [-0.3, -0.25) is 4.98 Å². The van der Waals surface area contributed by atoms with Crippen molar-refractivity contribution in [2.75, 3.05) is 26.3 Å². The maximum Gasteiger partial charge on any atom is 0.169 e. The zero-order valence-electron chi connectivity index (χ0n) is 10.7. The summed E-state index contributed by atoms with van der Waals surface area (Å²) in [6.45, 7) is 6.95. The van der Waals surface area contributed by atoms with E-state index in [2.05, 4.69) is 10.3 Å². The zero-order valence-corrected chi connectivity index (χ0v) is 10.7. The molecule has 1 heterocycles. The molecule has 4 heteroatoms. The lowest BCUT2D eigenvalue weighted by atomic mass is 10.2. The highest BCUT2D eigenvalue weighted by atomic mass is 16.7. The Balaban J connectivity index is 2.13. The van der Waals surface area contributed by atoms with E-state index in [9.17, 15) is 0 Å². The van der Waals surface area contributed by atoms with Crippen molar-refractivity contribution in [1.82, 2.24) is 10.3 Å². The van der Waals surface area contributed by atoms with Crippen LogP contribution in [-0.2, 0) is 15.9 Å². The maximum absolute atomic E-state index is 5.44. The van der Waals surface area contributed by atoms with Crippen molar-refractivity contribution < 1.29 is 9.47 Å². The SMILES string of the molecule is CCOC(CNCCc1ccncc1)OCC. The van der Waals surface area contributed by atoms with Gasteiger partial charge in [-0.15, -0.1) is 0 Å². The Bertz CT molecular complexity index is 274. The number of hydrogen-bond donors (Lipinski definition) is 1. The Hall–Kier alpha value is -0.970. The number of rotatable bonds is 9. The average Bonchev–Trinajstić information content (AvgIpc) is 2.36.